The highest BCUT2D eigenvalue weighted by atomic mass is 35.5. The van der Waals surface area contributed by atoms with Gasteiger partial charge >= 0.3 is 0 Å². The van der Waals surface area contributed by atoms with E-state index in [1.807, 2.05) is 0 Å². The first kappa shape index (κ1) is 13.8. The highest BCUT2D eigenvalue weighted by Gasteiger charge is 2.22. The molecule has 2 amide bonds. The summed E-state index contributed by atoms with van der Waals surface area (Å²) in [6.45, 7) is 0.821. The van der Waals surface area contributed by atoms with Crippen LogP contribution in [0, 0.1) is 0 Å². The van der Waals surface area contributed by atoms with Gasteiger partial charge in [-0.3, -0.25) is 20.4 Å². The highest BCUT2D eigenvalue weighted by Crippen LogP contribution is 2.17. The summed E-state index contributed by atoms with van der Waals surface area (Å²) in [5.74, 6) is -0.657. The Morgan fingerprint density at radius 2 is 2.19 bits per heavy atom. The Labute approximate surface area is 125 Å². The van der Waals surface area contributed by atoms with Crippen molar-refractivity contribution in [2.45, 2.75) is 18.9 Å². The summed E-state index contributed by atoms with van der Waals surface area (Å²) in [5, 5.41) is 4.19. The van der Waals surface area contributed by atoms with Crippen molar-refractivity contribution in [3.63, 3.8) is 0 Å². The molecule has 2 aromatic heterocycles. The molecule has 1 aliphatic heterocycles. The number of fused-ring (bicyclic) bond motifs is 1. The number of hydrogen-bond donors (Lipinski definition) is 4. The average Bonchev–Trinajstić information content (AvgIpc) is 3.12. The molecule has 1 aliphatic rings. The normalized spacial score (nSPS) is 17.9. The summed E-state index contributed by atoms with van der Waals surface area (Å²) in [7, 11) is 0. The molecule has 21 heavy (non-hydrogen) atoms. The van der Waals surface area contributed by atoms with Gasteiger partial charge in [0.15, 0.2) is 0 Å². The molecular formula is C13H14ClN5O2. The quantitative estimate of drug-likeness (QED) is 0.485. The standard InChI is InChI=1S/C13H14ClN5O2/c14-11-5-7-4-9(17-10(7)6-16-11)13(21)19-18-12(20)8-2-1-3-15-8/h4-6,8,15,17H,1-3H2,(H,18,20)(H,19,21). The molecule has 0 bridgehead atoms. The van der Waals surface area contributed by atoms with Crippen molar-refractivity contribution in [3.8, 4) is 0 Å². The zero-order valence-electron chi connectivity index (χ0n) is 11.1. The summed E-state index contributed by atoms with van der Waals surface area (Å²) in [5.41, 5.74) is 5.83. The number of hydrogen-bond acceptors (Lipinski definition) is 4. The Balaban J connectivity index is 1.65. The van der Waals surface area contributed by atoms with Gasteiger partial charge in [-0.15, -0.1) is 0 Å². The maximum atomic E-state index is 12.0. The highest BCUT2D eigenvalue weighted by molar-refractivity contribution is 6.30. The molecule has 2 aromatic rings. The molecule has 1 atom stereocenters. The van der Waals surface area contributed by atoms with E-state index >= 15 is 0 Å². The summed E-state index contributed by atoms with van der Waals surface area (Å²) in [6, 6.07) is 3.07. The Bertz CT molecular complexity index is 693. The molecule has 7 nitrogen and oxygen atoms in total. The minimum Gasteiger partial charge on any atom is -0.349 e. The minimum atomic E-state index is -0.423. The van der Waals surface area contributed by atoms with Crippen LogP contribution in [0.4, 0.5) is 0 Å². The summed E-state index contributed by atoms with van der Waals surface area (Å²) < 4.78 is 0. The van der Waals surface area contributed by atoms with Crippen LogP contribution >= 0.6 is 11.6 Å². The van der Waals surface area contributed by atoms with Gasteiger partial charge in [-0.2, -0.15) is 0 Å². The van der Waals surface area contributed by atoms with Crippen molar-refractivity contribution < 1.29 is 9.59 Å². The van der Waals surface area contributed by atoms with Crippen LogP contribution in [0.15, 0.2) is 18.3 Å². The topological polar surface area (TPSA) is 98.9 Å². The Morgan fingerprint density at radius 1 is 1.33 bits per heavy atom. The number of carbonyl (C=O) groups is 2. The second-order valence-electron chi connectivity index (χ2n) is 4.87. The van der Waals surface area contributed by atoms with E-state index in [1.165, 1.54) is 0 Å². The molecule has 110 valence electrons. The number of pyridine rings is 1. The third-order valence-corrected chi connectivity index (χ3v) is 3.60. The lowest BCUT2D eigenvalue weighted by molar-refractivity contribution is -0.123. The summed E-state index contributed by atoms with van der Waals surface area (Å²) in [4.78, 5) is 30.6. The second kappa shape index (κ2) is 5.71. The van der Waals surface area contributed by atoms with Gasteiger partial charge in [-0.25, -0.2) is 4.98 Å². The molecule has 3 heterocycles. The third-order valence-electron chi connectivity index (χ3n) is 3.39. The van der Waals surface area contributed by atoms with Gasteiger partial charge in [-0.1, -0.05) is 11.6 Å². The van der Waals surface area contributed by atoms with Crippen LogP contribution in [-0.4, -0.2) is 34.4 Å². The predicted molar refractivity (Wildman–Crippen MR) is 77.7 cm³/mol. The number of rotatable bonds is 2. The third kappa shape index (κ3) is 2.98. The SMILES string of the molecule is O=C(NNC(=O)C1CCCN1)c1cc2cc(Cl)ncc2[nH]1. The first-order chi connectivity index (χ1) is 10.1. The van der Waals surface area contributed by atoms with Gasteiger partial charge in [0, 0.05) is 5.39 Å². The first-order valence-electron chi connectivity index (χ1n) is 6.61. The number of nitrogens with zero attached hydrogens (tertiary/aromatic N) is 1. The van der Waals surface area contributed by atoms with Gasteiger partial charge in [0.1, 0.15) is 10.8 Å². The fourth-order valence-corrected chi connectivity index (χ4v) is 2.47. The van der Waals surface area contributed by atoms with Crippen molar-refractivity contribution in [2.75, 3.05) is 6.54 Å². The monoisotopic (exact) mass is 307 g/mol. The minimum absolute atomic E-state index is 0.235. The molecule has 3 rings (SSSR count). The van der Waals surface area contributed by atoms with Crippen molar-refractivity contribution >= 4 is 34.3 Å². The molecule has 1 fully saturated rings. The zero-order valence-corrected chi connectivity index (χ0v) is 11.8. The molecule has 0 saturated carbocycles. The van der Waals surface area contributed by atoms with E-state index < -0.39 is 5.91 Å². The number of halogens is 1. The number of H-pyrrole nitrogens is 1. The first-order valence-corrected chi connectivity index (χ1v) is 6.99. The van der Waals surface area contributed by atoms with Gasteiger partial charge < -0.3 is 10.3 Å². The Kier molecular flexibility index (Phi) is 3.76. The molecule has 0 aliphatic carbocycles. The summed E-state index contributed by atoms with van der Waals surface area (Å²) >= 11 is 5.79. The lowest BCUT2D eigenvalue weighted by atomic mass is 10.2. The maximum absolute atomic E-state index is 12.0. The molecule has 0 aromatic carbocycles. The lowest BCUT2D eigenvalue weighted by Crippen LogP contribution is -2.49. The van der Waals surface area contributed by atoms with E-state index in [1.54, 1.807) is 18.3 Å². The van der Waals surface area contributed by atoms with Crippen molar-refractivity contribution in [1.29, 1.82) is 0 Å². The number of aromatic nitrogens is 2. The smallest absolute Gasteiger partial charge is 0.286 e. The molecule has 1 saturated heterocycles. The Hall–Kier alpha value is -2.12. The Morgan fingerprint density at radius 3 is 2.95 bits per heavy atom. The molecule has 8 heteroatoms. The van der Waals surface area contributed by atoms with Crippen LogP contribution < -0.4 is 16.2 Å². The van der Waals surface area contributed by atoms with E-state index in [0.29, 0.717) is 16.4 Å². The van der Waals surface area contributed by atoms with Crippen LogP contribution in [0.5, 0.6) is 0 Å². The predicted octanol–water partition coefficient (Wildman–Crippen LogP) is 0.729. The van der Waals surface area contributed by atoms with E-state index in [4.69, 9.17) is 11.6 Å². The van der Waals surface area contributed by atoms with E-state index in [0.717, 1.165) is 24.8 Å². The summed E-state index contributed by atoms with van der Waals surface area (Å²) in [6.07, 6.45) is 3.29. The number of hydrazine groups is 1. The van der Waals surface area contributed by atoms with Crippen LogP contribution in [0.25, 0.3) is 10.9 Å². The van der Waals surface area contributed by atoms with E-state index in [2.05, 4.69) is 26.1 Å². The number of aromatic amines is 1. The van der Waals surface area contributed by atoms with E-state index in [-0.39, 0.29) is 11.9 Å². The largest absolute Gasteiger partial charge is 0.349 e. The average molecular weight is 308 g/mol. The fraction of sp³-hybridized carbons (Fsp3) is 0.308. The molecule has 0 radical (unpaired) electrons. The van der Waals surface area contributed by atoms with Crippen molar-refractivity contribution in [1.82, 2.24) is 26.1 Å². The van der Waals surface area contributed by atoms with Crippen molar-refractivity contribution in [3.05, 3.63) is 29.2 Å². The van der Waals surface area contributed by atoms with Crippen LogP contribution in [0.1, 0.15) is 23.3 Å². The zero-order chi connectivity index (χ0) is 14.8. The van der Waals surface area contributed by atoms with Crippen molar-refractivity contribution in [2.24, 2.45) is 0 Å². The van der Waals surface area contributed by atoms with Gasteiger partial charge in [0.2, 0.25) is 0 Å². The van der Waals surface area contributed by atoms with Gasteiger partial charge in [0.05, 0.1) is 17.8 Å². The van der Waals surface area contributed by atoms with Crippen LogP contribution in [-0.2, 0) is 4.79 Å². The van der Waals surface area contributed by atoms with Crippen LogP contribution in [0.2, 0.25) is 5.15 Å². The fourth-order valence-electron chi connectivity index (χ4n) is 2.31. The lowest BCUT2D eigenvalue weighted by Gasteiger charge is -2.11. The molecule has 0 spiro atoms. The molecular weight excluding hydrogens is 294 g/mol. The molecule has 1 unspecified atom stereocenters. The van der Waals surface area contributed by atoms with Gasteiger partial charge in [-0.05, 0) is 31.5 Å². The number of nitrogens with one attached hydrogen (secondary N) is 4. The van der Waals surface area contributed by atoms with E-state index in [9.17, 15) is 9.59 Å². The van der Waals surface area contributed by atoms with Crippen LogP contribution in [0.3, 0.4) is 0 Å². The molecule has 4 N–H and O–H groups in total. The number of amides is 2. The number of carbonyl (C=O) groups excluding carboxylic acids is 2. The second-order valence-corrected chi connectivity index (χ2v) is 5.26. The van der Waals surface area contributed by atoms with Gasteiger partial charge in [0.25, 0.3) is 11.8 Å². The maximum Gasteiger partial charge on any atom is 0.286 e.